The Morgan fingerprint density at radius 1 is 0.812 bits per heavy atom. The molecule has 0 aliphatic rings. The Bertz CT molecular complexity index is 595. The highest BCUT2D eigenvalue weighted by atomic mass is 16.5. The van der Waals surface area contributed by atoms with Crippen LogP contribution in [0.4, 0.5) is 4.79 Å². The van der Waals surface area contributed by atoms with E-state index >= 15 is 0 Å². The average molecular weight is 448 g/mol. The summed E-state index contributed by atoms with van der Waals surface area (Å²) in [5.74, 6) is -0.0730. The van der Waals surface area contributed by atoms with Gasteiger partial charge in [0.2, 0.25) is 5.91 Å². The van der Waals surface area contributed by atoms with Gasteiger partial charge in [-0.15, -0.1) is 0 Å². The third kappa shape index (κ3) is 15.7. The molecule has 6 heteroatoms. The van der Waals surface area contributed by atoms with Crippen LogP contribution in [0.15, 0.2) is 30.3 Å². The Labute approximate surface area is 195 Å². The molecule has 0 fully saturated rings. The molecule has 2 amide bonds. The standard InChI is InChI=1S/C26H45N3O3/c1-2-3-4-5-6-7-8-9-10-15-20-28-25(30)24(27)19-14-16-21-29-26(31)32-22-23-17-12-11-13-18-23/h11-13,17-18,24H,2-10,14-16,19-22,27H2,1H3,(H,28,30)(H,29,31)/t24-/m0/s1. The molecule has 0 heterocycles. The molecule has 32 heavy (non-hydrogen) atoms. The minimum Gasteiger partial charge on any atom is -0.445 e. The number of amides is 2. The molecule has 0 aliphatic heterocycles. The van der Waals surface area contributed by atoms with Gasteiger partial charge >= 0.3 is 6.09 Å². The lowest BCUT2D eigenvalue weighted by molar-refractivity contribution is -0.122. The zero-order valence-corrected chi connectivity index (χ0v) is 20.1. The van der Waals surface area contributed by atoms with Gasteiger partial charge in [0.1, 0.15) is 6.61 Å². The maximum atomic E-state index is 12.1. The van der Waals surface area contributed by atoms with Gasteiger partial charge in [0.05, 0.1) is 6.04 Å². The van der Waals surface area contributed by atoms with E-state index in [0.29, 0.717) is 19.5 Å². The SMILES string of the molecule is CCCCCCCCCCCCNC(=O)[C@@H](N)CCCCNC(=O)OCc1ccccc1. The molecule has 0 aliphatic carbocycles. The van der Waals surface area contributed by atoms with E-state index in [1.165, 1.54) is 51.4 Å². The summed E-state index contributed by atoms with van der Waals surface area (Å²) in [5, 5.41) is 5.67. The van der Waals surface area contributed by atoms with Crippen LogP contribution in [0.1, 0.15) is 96.0 Å². The molecule has 0 aromatic heterocycles. The van der Waals surface area contributed by atoms with Crippen LogP contribution in [0, 0.1) is 0 Å². The number of ether oxygens (including phenoxy) is 1. The molecular weight excluding hydrogens is 402 g/mol. The lowest BCUT2D eigenvalue weighted by Crippen LogP contribution is -2.41. The summed E-state index contributed by atoms with van der Waals surface area (Å²) in [6.45, 7) is 3.73. The number of hydrogen-bond acceptors (Lipinski definition) is 4. The number of benzene rings is 1. The fraction of sp³-hybridized carbons (Fsp3) is 0.692. The first-order valence-corrected chi connectivity index (χ1v) is 12.6. The number of alkyl carbamates (subject to hydrolysis) is 1. The molecule has 0 bridgehead atoms. The van der Waals surface area contributed by atoms with Gasteiger partial charge in [0, 0.05) is 13.1 Å². The van der Waals surface area contributed by atoms with Crippen LogP contribution in [-0.2, 0) is 16.1 Å². The molecule has 4 N–H and O–H groups in total. The molecule has 0 spiro atoms. The maximum absolute atomic E-state index is 12.1. The van der Waals surface area contributed by atoms with E-state index < -0.39 is 12.1 Å². The van der Waals surface area contributed by atoms with Crippen molar-refractivity contribution in [2.24, 2.45) is 5.73 Å². The smallest absolute Gasteiger partial charge is 0.407 e. The van der Waals surface area contributed by atoms with Crippen LogP contribution in [0.5, 0.6) is 0 Å². The van der Waals surface area contributed by atoms with E-state index in [-0.39, 0.29) is 12.5 Å². The van der Waals surface area contributed by atoms with E-state index in [1.807, 2.05) is 30.3 Å². The van der Waals surface area contributed by atoms with Crippen LogP contribution in [0.25, 0.3) is 0 Å². The van der Waals surface area contributed by atoms with Gasteiger partial charge in [0.15, 0.2) is 0 Å². The van der Waals surface area contributed by atoms with Crippen molar-refractivity contribution < 1.29 is 14.3 Å². The first kappa shape index (κ1) is 28.0. The molecule has 0 radical (unpaired) electrons. The molecule has 0 saturated heterocycles. The number of rotatable bonds is 19. The van der Waals surface area contributed by atoms with E-state index in [4.69, 9.17) is 10.5 Å². The van der Waals surface area contributed by atoms with E-state index in [1.54, 1.807) is 0 Å². The van der Waals surface area contributed by atoms with Crippen LogP contribution >= 0.6 is 0 Å². The molecule has 1 rings (SSSR count). The van der Waals surface area contributed by atoms with Crippen LogP contribution in [0.2, 0.25) is 0 Å². The highest BCUT2D eigenvalue weighted by molar-refractivity contribution is 5.81. The Morgan fingerprint density at radius 3 is 2.03 bits per heavy atom. The number of nitrogens with two attached hydrogens (primary N) is 1. The molecule has 1 aromatic carbocycles. The summed E-state index contributed by atoms with van der Waals surface area (Å²) >= 11 is 0. The number of carbonyl (C=O) groups excluding carboxylic acids is 2. The zero-order valence-electron chi connectivity index (χ0n) is 20.1. The number of nitrogens with one attached hydrogen (secondary N) is 2. The van der Waals surface area contributed by atoms with Crippen molar-refractivity contribution in [3.05, 3.63) is 35.9 Å². The molecule has 1 atom stereocenters. The van der Waals surface area contributed by atoms with Gasteiger partial charge in [-0.25, -0.2) is 4.79 Å². The van der Waals surface area contributed by atoms with Crippen molar-refractivity contribution in [1.82, 2.24) is 10.6 Å². The fourth-order valence-corrected chi connectivity index (χ4v) is 3.54. The third-order valence-corrected chi connectivity index (χ3v) is 5.59. The fourth-order valence-electron chi connectivity index (χ4n) is 3.54. The quantitative estimate of drug-likeness (QED) is 0.246. The zero-order chi connectivity index (χ0) is 23.3. The molecule has 182 valence electrons. The predicted octanol–water partition coefficient (Wildman–Crippen LogP) is 5.45. The van der Waals surface area contributed by atoms with Gasteiger partial charge in [-0.1, -0.05) is 95.0 Å². The minimum atomic E-state index is -0.483. The molecule has 0 unspecified atom stereocenters. The lowest BCUT2D eigenvalue weighted by atomic mass is 10.1. The summed E-state index contributed by atoms with van der Waals surface area (Å²) in [6.07, 6.45) is 14.6. The van der Waals surface area contributed by atoms with Crippen molar-refractivity contribution in [2.45, 2.75) is 103 Å². The maximum Gasteiger partial charge on any atom is 0.407 e. The molecule has 0 saturated carbocycles. The molecular formula is C26H45N3O3. The second-order valence-electron chi connectivity index (χ2n) is 8.56. The van der Waals surface area contributed by atoms with Gasteiger partial charge < -0.3 is 21.1 Å². The van der Waals surface area contributed by atoms with Gasteiger partial charge in [0.25, 0.3) is 0 Å². The highest BCUT2D eigenvalue weighted by Crippen LogP contribution is 2.10. The summed E-state index contributed by atoms with van der Waals surface area (Å²) in [6, 6.07) is 9.09. The Hall–Kier alpha value is -2.08. The van der Waals surface area contributed by atoms with Gasteiger partial charge in [-0.05, 0) is 31.2 Å². The Balaban J connectivity index is 1.90. The minimum absolute atomic E-state index is 0.0730. The van der Waals surface area contributed by atoms with Crippen molar-refractivity contribution in [1.29, 1.82) is 0 Å². The average Bonchev–Trinajstić information content (AvgIpc) is 2.81. The van der Waals surface area contributed by atoms with Crippen molar-refractivity contribution in [3.63, 3.8) is 0 Å². The van der Waals surface area contributed by atoms with Crippen molar-refractivity contribution in [2.75, 3.05) is 13.1 Å². The van der Waals surface area contributed by atoms with Crippen molar-refractivity contribution in [3.8, 4) is 0 Å². The summed E-state index contributed by atoms with van der Waals surface area (Å²) in [5.41, 5.74) is 6.93. The summed E-state index contributed by atoms with van der Waals surface area (Å²) in [4.78, 5) is 23.8. The van der Waals surface area contributed by atoms with Crippen LogP contribution < -0.4 is 16.4 Å². The second-order valence-corrected chi connectivity index (χ2v) is 8.56. The Morgan fingerprint density at radius 2 is 1.38 bits per heavy atom. The third-order valence-electron chi connectivity index (χ3n) is 5.59. The topological polar surface area (TPSA) is 93.5 Å². The van der Waals surface area contributed by atoms with E-state index in [0.717, 1.165) is 31.2 Å². The molecule has 1 aromatic rings. The Kier molecular flexibility index (Phi) is 17.1. The lowest BCUT2D eigenvalue weighted by Gasteiger charge is -2.12. The largest absolute Gasteiger partial charge is 0.445 e. The first-order valence-electron chi connectivity index (χ1n) is 12.6. The van der Waals surface area contributed by atoms with Gasteiger partial charge in [-0.3, -0.25) is 4.79 Å². The number of carbonyl (C=O) groups is 2. The second kappa shape index (κ2) is 19.6. The summed E-state index contributed by atoms with van der Waals surface area (Å²) < 4.78 is 5.16. The number of unbranched alkanes of at least 4 members (excludes halogenated alkanes) is 10. The summed E-state index contributed by atoms with van der Waals surface area (Å²) in [7, 11) is 0. The van der Waals surface area contributed by atoms with Crippen LogP contribution in [-0.4, -0.2) is 31.1 Å². The predicted molar refractivity (Wildman–Crippen MR) is 131 cm³/mol. The normalized spacial score (nSPS) is 11.7. The first-order chi connectivity index (χ1) is 15.6. The van der Waals surface area contributed by atoms with E-state index in [9.17, 15) is 9.59 Å². The van der Waals surface area contributed by atoms with E-state index in [2.05, 4.69) is 17.6 Å². The van der Waals surface area contributed by atoms with Gasteiger partial charge in [-0.2, -0.15) is 0 Å². The van der Waals surface area contributed by atoms with Crippen molar-refractivity contribution >= 4 is 12.0 Å². The molecule has 6 nitrogen and oxygen atoms in total. The monoisotopic (exact) mass is 447 g/mol. The highest BCUT2D eigenvalue weighted by Gasteiger charge is 2.12. The van der Waals surface area contributed by atoms with Crippen LogP contribution in [0.3, 0.4) is 0 Å². The number of hydrogen-bond donors (Lipinski definition) is 3.